The van der Waals surface area contributed by atoms with Gasteiger partial charge in [0.25, 0.3) is 0 Å². The molecule has 2 aromatic carbocycles. The third-order valence-electron chi connectivity index (χ3n) is 6.41. The van der Waals surface area contributed by atoms with E-state index in [-0.39, 0.29) is 24.8 Å². The van der Waals surface area contributed by atoms with Crippen LogP contribution in [0, 0.1) is 6.92 Å². The normalized spacial score (nSPS) is 10.8. The molecule has 3 aromatic rings. The topological polar surface area (TPSA) is 68.3 Å². The lowest BCUT2D eigenvalue weighted by atomic mass is 10.1. The van der Waals surface area contributed by atoms with Gasteiger partial charge in [-0.2, -0.15) is 0 Å². The maximum atomic E-state index is 13.7. The Morgan fingerprint density at radius 2 is 1.62 bits per heavy atom. The van der Waals surface area contributed by atoms with Gasteiger partial charge < -0.3 is 24.0 Å². The van der Waals surface area contributed by atoms with Crippen LogP contribution in [0.25, 0.3) is 0 Å². The monoisotopic (exact) mass is 552 g/mol. The van der Waals surface area contributed by atoms with Crippen molar-refractivity contribution in [2.75, 3.05) is 47.1 Å². The largest absolute Gasteiger partial charge is 0.493 e. The third kappa shape index (κ3) is 9.71. The van der Waals surface area contributed by atoms with E-state index < -0.39 is 0 Å². The van der Waals surface area contributed by atoms with Gasteiger partial charge in [0.15, 0.2) is 11.5 Å². The van der Waals surface area contributed by atoms with E-state index in [2.05, 4.69) is 19.1 Å². The van der Waals surface area contributed by atoms with Gasteiger partial charge in [-0.1, -0.05) is 36.4 Å². The fourth-order valence-corrected chi connectivity index (χ4v) is 5.20. The van der Waals surface area contributed by atoms with Crippen LogP contribution in [-0.4, -0.2) is 68.7 Å². The van der Waals surface area contributed by atoms with Crippen LogP contribution >= 0.6 is 11.3 Å². The van der Waals surface area contributed by atoms with E-state index in [0.717, 1.165) is 16.0 Å². The Morgan fingerprint density at radius 3 is 2.28 bits per heavy atom. The smallest absolute Gasteiger partial charge is 0.242 e. The molecule has 1 heterocycles. The number of hydrogen-bond donors (Lipinski definition) is 0. The number of benzene rings is 2. The molecule has 1 aromatic heterocycles. The maximum Gasteiger partial charge on any atom is 0.242 e. The highest BCUT2D eigenvalue weighted by Crippen LogP contribution is 2.28. The van der Waals surface area contributed by atoms with E-state index in [1.807, 2.05) is 60.4 Å². The maximum absolute atomic E-state index is 13.7. The quantitative estimate of drug-likeness (QED) is 0.230. The Labute approximate surface area is 236 Å². The Balaban J connectivity index is 1.75. The summed E-state index contributed by atoms with van der Waals surface area (Å²) in [6.07, 6.45) is 1.59. The fraction of sp³-hybridized carbons (Fsp3) is 0.419. The number of amides is 2. The van der Waals surface area contributed by atoms with Crippen LogP contribution in [0.5, 0.6) is 11.5 Å². The van der Waals surface area contributed by atoms with Gasteiger partial charge in [0, 0.05) is 36.1 Å². The molecule has 0 saturated heterocycles. The SMILES string of the molecule is CCOCCCN(CC(=O)N(CCc1ccc(OC)c(OC)c1)Cc1ccc(C)s1)C(=O)Cc1ccccc1. The number of nitrogens with zero attached hydrogens (tertiary/aromatic N) is 2. The van der Waals surface area contributed by atoms with Crippen molar-refractivity contribution in [2.45, 2.75) is 39.7 Å². The molecule has 0 saturated carbocycles. The van der Waals surface area contributed by atoms with Gasteiger partial charge in [-0.15, -0.1) is 11.3 Å². The summed E-state index contributed by atoms with van der Waals surface area (Å²) < 4.78 is 16.3. The highest BCUT2D eigenvalue weighted by atomic mass is 32.1. The Bertz CT molecular complexity index is 1180. The van der Waals surface area contributed by atoms with Gasteiger partial charge in [-0.05, 0) is 62.1 Å². The van der Waals surface area contributed by atoms with Crippen molar-refractivity contribution in [3.63, 3.8) is 0 Å². The van der Waals surface area contributed by atoms with Crippen molar-refractivity contribution in [1.82, 2.24) is 9.80 Å². The summed E-state index contributed by atoms with van der Waals surface area (Å²) in [5.74, 6) is 1.20. The number of carbonyl (C=O) groups is 2. The summed E-state index contributed by atoms with van der Waals surface area (Å²) in [6.45, 7) is 6.72. The third-order valence-corrected chi connectivity index (χ3v) is 7.40. The first kappa shape index (κ1) is 30.2. The van der Waals surface area contributed by atoms with Crippen LogP contribution < -0.4 is 9.47 Å². The molecule has 0 aliphatic rings. The lowest BCUT2D eigenvalue weighted by Gasteiger charge is -2.28. The molecule has 0 aliphatic carbocycles. The lowest BCUT2D eigenvalue weighted by molar-refractivity contribution is -0.140. The highest BCUT2D eigenvalue weighted by Gasteiger charge is 2.22. The van der Waals surface area contributed by atoms with Gasteiger partial charge in [0.05, 0.1) is 33.7 Å². The summed E-state index contributed by atoms with van der Waals surface area (Å²) in [6, 6.07) is 19.6. The van der Waals surface area contributed by atoms with Crippen LogP contribution in [0.1, 0.15) is 34.2 Å². The number of carbonyl (C=O) groups excluding carboxylic acids is 2. The molecule has 3 rings (SSSR count). The molecule has 0 spiro atoms. The second-order valence-electron chi connectivity index (χ2n) is 9.30. The average molecular weight is 553 g/mol. The standard InChI is InChI=1S/C31H40N2O5S/c1-5-38-19-9-17-32(30(34)21-25-10-7-6-8-11-25)23-31(35)33(22-27-14-12-24(2)39-27)18-16-26-13-15-28(36-3)29(20-26)37-4/h6-8,10-15,20H,5,9,16-19,21-23H2,1-4H3. The predicted octanol–water partition coefficient (Wildman–Crippen LogP) is 5.14. The summed E-state index contributed by atoms with van der Waals surface area (Å²) >= 11 is 1.68. The van der Waals surface area contributed by atoms with Crippen LogP contribution in [0.2, 0.25) is 0 Å². The summed E-state index contributed by atoms with van der Waals surface area (Å²) in [5, 5.41) is 0. The first-order chi connectivity index (χ1) is 18.9. The molecular formula is C31H40N2O5S. The molecule has 2 amide bonds. The number of thiophene rings is 1. The number of hydrogen-bond acceptors (Lipinski definition) is 6. The molecule has 0 radical (unpaired) electrons. The second kappa shape index (κ2) is 15.9. The zero-order chi connectivity index (χ0) is 28.0. The predicted molar refractivity (Wildman–Crippen MR) is 156 cm³/mol. The van der Waals surface area contributed by atoms with E-state index in [1.54, 1.807) is 30.5 Å². The van der Waals surface area contributed by atoms with E-state index >= 15 is 0 Å². The minimum atomic E-state index is -0.0700. The average Bonchev–Trinajstić information content (AvgIpc) is 3.37. The Morgan fingerprint density at radius 1 is 0.846 bits per heavy atom. The lowest BCUT2D eigenvalue weighted by Crippen LogP contribution is -2.44. The summed E-state index contributed by atoms with van der Waals surface area (Å²) in [4.78, 5) is 32.9. The molecule has 0 N–H and O–H groups in total. The fourth-order valence-electron chi connectivity index (χ4n) is 4.29. The van der Waals surface area contributed by atoms with Crippen molar-refractivity contribution in [3.05, 3.63) is 81.5 Å². The minimum absolute atomic E-state index is 0.0358. The van der Waals surface area contributed by atoms with Crippen LogP contribution in [0.4, 0.5) is 0 Å². The molecule has 8 heteroatoms. The van der Waals surface area contributed by atoms with Gasteiger partial charge in [-0.3, -0.25) is 9.59 Å². The number of rotatable bonds is 16. The number of methoxy groups -OCH3 is 2. The van der Waals surface area contributed by atoms with Crippen molar-refractivity contribution in [2.24, 2.45) is 0 Å². The van der Waals surface area contributed by atoms with Gasteiger partial charge in [0.1, 0.15) is 0 Å². The van der Waals surface area contributed by atoms with Crippen LogP contribution in [-0.2, 0) is 33.7 Å². The summed E-state index contributed by atoms with van der Waals surface area (Å²) in [7, 11) is 3.23. The zero-order valence-corrected chi connectivity index (χ0v) is 24.3. The molecule has 0 aliphatic heterocycles. The Hall–Kier alpha value is -3.36. The van der Waals surface area contributed by atoms with Crippen molar-refractivity contribution < 1.29 is 23.8 Å². The first-order valence-corrected chi connectivity index (χ1v) is 14.2. The summed E-state index contributed by atoms with van der Waals surface area (Å²) in [5.41, 5.74) is 1.98. The molecule has 0 unspecified atom stereocenters. The number of ether oxygens (including phenoxy) is 3. The van der Waals surface area contributed by atoms with Crippen molar-refractivity contribution in [1.29, 1.82) is 0 Å². The molecule has 210 valence electrons. The minimum Gasteiger partial charge on any atom is -0.493 e. The molecule has 7 nitrogen and oxygen atoms in total. The Kier molecular flexibility index (Phi) is 12.3. The first-order valence-electron chi connectivity index (χ1n) is 13.4. The zero-order valence-electron chi connectivity index (χ0n) is 23.5. The van der Waals surface area contributed by atoms with Gasteiger partial charge >= 0.3 is 0 Å². The second-order valence-corrected chi connectivity index (χ2v) is 10.7. The van der Waals surface area contributed by atoms with Gasteiger partial charge in [-0.25, -0.2) is 0 Å². The van der Waals surface area contributed by atoms with Crippen molar-refractivity contribution in [3.8, 4) is 11.5 Å². The van der Waals surface area contributed by atoms with Gasteiger partial charge in [0.2, 0.25) is 11.8 Å². The van der Waals surface area contributed by atoms with E-state index in [0.29, 0.717) is 57.2 Å². The molecule has 39 heavy (non-hydrogen) atoms. The molecule has 0 bridgehead atoms. The molecule has 0 atom stereocenters. The molecule has 0 fully saturated rings. The van der Waals surface area contributed by atoms with E-state index in [4.69, 9.17) is 14.2 Å². The van der Waals surface area contributed by atoms with Crippen LogP contribution in [0.15, 0.2) is 60.7 Å². The molecular weight excluding hydrogens is 512 g/mol. The number of aryl methyl sites for hydroxylation is 1. The highest BCUT2D eigenvalue weighted by molar-refractivity contribution is 7.11. The van der Waals surface area contributed by atoms with Crippen molar-refractivity contribution >= 4 is 23.2 Å². The van der Waals surface area contributed by atoms with Crippen LogP contribution in [0.3, 0.4) is 0 Å². The van der Waals surface area contributed by atoms with E-state index in [1.165, 1.54) is 4.88 Å². The van der Waals surface area contributed by atoms with E-state index in [9.17, 15) is 9.59 Å².